The van der Waals surface area contributed by atoms with Gasteiger partial charge in [0.05, 0.1) is 0 Å². The van der Waals surface area contributed by atoms with Gasteiger partial charge in [-0.15, -0.1) is 0 Å². The maximum atomic E-state index is 8.93. The van der Waals surface area contributed by atoms with Crippen LogP contribution >= 0.6 is 0 Å². The lowest BCUT2D eigenvalue weighted by Gasteiger charge is -2.19. The summed E-state index contributed by atoms with van der Waals surface area (Å²) in [4.78, 5) is 6.24. The lowest BCUT2D eigenvalue weighted by molar-refractivity contribution is 0.192. The van der Waals surface area contributed by atoms with Crippen LogP contribution in [0.1, 0.15) is 12.5 Å². The van der Waals surface area contributed by atoms with Crippen molar-refractivity contribution in [2.24, 2.45) is 5.92 Å². The molecule has 15 heavy (non-hydrogen) atoms. The molecule has 0 aliphatic rings. The first-order valence-electron chi connectivity index (χ1n) is 5.40. The molecule has 0 saturated carbocycles. The van der Waals surface area contributed by atoms with Crippen LogP contribution in [-0.2, 0) is 6.42 Å². The molecular formula is C12H20N2O. The van der Waals surface area contributed by atoms with E-state index >= 15 is 0 Å². The van der Waals surface area contributed by atoms with Gasteiger partial charge in [-0.2, -0.15) is 0 Å². The highest BCUT2D eigenvalue weighted by Gasteiger charge is 2.04. The number of pyridine rings is 1. The van der Waals surface area contributed by atoms with E-state index in [9.17, 15) is 0 Å². The van der Waals surface area contributed by atoms with Crippen LogP contribution in [0.5, 0.6) is 0 Å². The summed E-state index contributed by atoms with van der Waals surface area (Å²) in [6, 6.07) is 4.09. The molecule has 1 aromatic rings. The molecule has 0 radical (unpaired) electrons. The first-order valence-corrected chi connectivity index (χ1v) is 5.40. The number of aromatic nitrogens is 1. The lowest BCUT2D eigenvalue weighted by Crippen LogP contribution is -2.28. The van der Waals surface area contributed by atoms with Gasteiger partial charge in [-0.05, 0) is 37.1 Å². The highest BCUT2D eigenvalue weighted by molar-refractivity contribution is 5.09. The van der Waals surface area contributed by atoms with Gasteiger partial charge in [0.2, 0.25) is 0 Å². The van der Waals surface area contributed by atoms with Crippen molar-refractivity contribution in [2.75, 3.05) is 26.7 Å². The second-order valence-corrected chi connectivity index (χ2v) is 4.16. The van der Waals surface area contributed by atoms with E-state index in [-0.39, 0.29) is 6.61 Å². The SMILES string of the molecule is CC(CO)CN(C)CCc1ccncc1. The van der Waals surface area contributed by atoms with E-state index in [0.29, 0.717) is 5.92 Å². The minimum atomic E-state index is 0.263. The predicted octanol–water partition coefficient (Wildman–Crippen LogP) is 1.18. The maximum absolute atomic E-state index is 8.93. The monoisotopic (exact) mass is 208 g/mol. The van der Waals surface area contributed by atoms with Gasteiger partial charge in [-0.3, -0.25) is 4.98 Å². The zero-order chi connectivity index (χ0) is 11.1. The smallest absolute Gasteiger partial charge is 0.0468 e. The first kappa shape index (κ1) is 12.1. The third-order valence-electron chi connectivity index (χ3n) is 2.47. The molecule has 0 saturated heterocycles. The van der Waals surface area contributed by atoms with Crippen LogP contribution in [0.15, 0.2) is 24.5 Å². The van der Waals surface area contributed by atoms with Crippen molar-refractivity contribution < 1.29 is 5.11 Å². The quantitative estimate of drug-likeness (QED) is 0.762. The van der Waals surface area contributed by atoms with E-state index in [0.717, 1.165) is 19.5 Å². The number of aliphatic hydroxyl groups excluding tert-OH is 1. The molecule has 1 N–H and O–H groups in total. The third-order valence-corrected chi connectivity index (χ3v) is 2.47. The molecule has 1 heterocycles. The first-order chi connectivity index (χ1) is 7.22. The van der Waals surface area contributed by atoms with Gasteiger partial charge >= 0.3 is 0 Å². The lowest BCUT2D eigenvalue weighted by atomic mass is 10.1. The zero-order valence-electron chi connectivity index (χ0n) is 9.56. The number of rotatable bonds is 6. The average Bonchev–Trinajstić information content (AvgIpc) is 2.27. The van der Waals surface area contributed by atoms with Crippen LogP contribution in [0.2, 0.25) is 0 Å². The summed E-state index contributed by atoms with van der Waals surface area (Å²) in [7, 11) is 2.09. The van der Waals surface area contributed by atoms with Gasteiger partial charge in [0.15, 0.2) is 0 Å². The Bertz CT molecular complexity index is 264. The van der Waals surface area contributed by atoms with Crippen molar-refractivity contribution in [1.29, 1.82) is 0 Å². The van der Waals surface area contributed by atoms with Crippen LogP contribution in [0.25, 0.3) is 0 Å². The van der Waals surface area contributed by atoms with Gasteiger partial charge in [0, 0.05) is 32.1 Å². The second-order valence-electron chi connectivity index (χ2n) is 4.16. The summed E-state index contributed by atoms with van der Waals surface area (Å²) in [5.41, 5.74) is 1.31. The van der Waals surface area contributed by atoms with E-state index in [1.807, 2.05) is 24.5 Å². The minimum absolute atomic E-state index is 0.263. The molecule has 3 nitrogen and oxygen atoms in total. The van der Waals surface area contributed by atoms with Gasteiger partial charge in [-0.1, -0.05) is 6.92 Å². The van der Waals surface area contributed by atoms with Crippen molar-refractivity contribution in [3.05, 3.63) is 30.1 Å². The molecule has 0 fully saturated rings. The second kappa shape index (κ2) is 6.53. The Balaban J connectivity index is 2.25. The van der Waals surface area contributed by atoms with Gasteiger partial charge < -0.3 is 10.0 Å². The fraction of sp³-hybridized carbons (Fsp3) is 0.583. The molecular weight excluding hydrogens is 188 g/mol. The van der Waals surface area contributed by atoms with Crippen molar-refractivity contribution in [1.82, 2.24) is 9.88 Å². The normalized spacial score (nSPS) is 13.1. The van der Waals surface area contributed by atoms with E-state index in [1.54, 1.807) is 0 Å². The molecule has 0 amide bonds. The van der Waals surface area contributed by atoms with Gasteiger partial charge in [-0.25, -0.2) is 0 Å². The standard InChI is InChI=1S/C12H20N2O/c1-11(10-15)9-14(2)8-5-12-3-6-13-7-4-12/h3-4,6-7,11,15H,5,8-10H2,1-2H3. The predicted molar refractivity (Wildman–Crippen MR) is 61.7 cm³/mol. The molecule has 3 heteroatoms. The average molecular weight is 208 g/mol. The van der Waals surface area contributed by atoms with Gasteiger partial charge in [0.25, 0.3) is 0 Å². The highest BCUT2D eigenvalue weighted by Crippen LogP contribution is 2.01. The molecule has 0 spiro atoms. The molecule has 0 aromatic carbocycles. The van der Waals surface area contributed by atoms with E-state index in [2.05, 4.69) is 23.9 Å². The van der Waals surface area contributed by atoms with Crippen molar-refractivity contribution in [2.45, 2.75) is 13.3 Å². The van der Waals surface area contributed by atoms with E-state index < -0.39 is 0 Å². The summed E-state index contributed by atoms with van der Waals surface area (Å²) in [5, 5.41) is 8.93. The molecule has 0 aliphatic heterocycles. The molecule has 1 aromatic heterocycles. The molecule has 1 atom stereocenters. The number of hydrogen-bond donors (Lipinski definition) is 1. The largest absolute Gasteiger partial charge is 0.396 e. The van der Waals surface area contributed by atoms with Crippen LogP contribution in [-0.4, -0.2) is 41.7 Å². The Hall–Kier alpha value is -0.930. The highest BCUT2D eigenvalue weighted by atomic mass is 16.3. The van der Waals surface area contributed by atoms with Crippen LogP contribution in [0.3, 0.4) is 0 Å². The minimum Gasteiger partial charge on any atom is -0.396 e. The molecule has 1 unspecified atom stereocenters. The summed E-state index contributed by atoms with van der Waals surface area (Å²) in [5.74, 6) is 0.354. The van der Waals surface area contributed by atoms with Crippen molar-refractivity contribution in [3.63, 3.8) is 0 Å². The van der Waals surface area contributed by atoms with Gasteiger partial charge in [0.1, 0.15) is 0 Å². The van der Waals surface area contributed by atoms with Crippen LogP contribution in [0.4, 0.5) is 0 Å². The Morgan fingerprint density at radius 1 is 1.40 bits per heavy atom. The number of aliphatic hydroxyl groups is 1. The fourth-order valence-electron chi connectivity index (χ4n) is 1.55. The third kappa shape index (κ3) is 4.91. The Morgan fingerprint density at radius 3 is 2.67 bits per heavy atom. The number of likely N-dealkylation sites (N-methyl/N-ethyl adjacent to an activating group) is 1. The summed E-state index contributed by atoms with van der Waals surface area (Å²) in [6.07, 6.45) is 4.69. The summed E-state index contributed by atoms with van der Waals surface area (Å²) in [6.45, 7) is 4.29. The molecule has 1 rings (SSSR count). The van der Waals surface area contributed by atoms with Crippen molar-refractivity contribution >= 4 is 0 Å². The van der Waals surface area contributed by atoms with Crippen LogP contribution in [0, 0.1) is 5.92 Å². The molecule has 0 aliphatic carbocycles. The zero-order valence-corrected chi connectivity index (χ0v) is 9.56. The number of nitrogens with zero attached hydrogens (tertiary/aromatic N) is 2. The summed E-state index contributed by atoms with van der Waals surface area (Å²) >= 11 is 0. The maximum Gasteiger partial charge on any atom is 0.0468 e. The van der Waals surface area contributed by atoms with E-state index in [4.69, 9.17) is 5.11 Å². The Morgan fingerprint density at radius 2 is 2.07 bits per heavy atom. The van der Waals surface area contributed by atoms with Crippen LogP contribution < -0.4 is 0 Å². The fourth-order valence-corrected chi connectivity index (χ4v) is 1.55. The van der Waals surface area contributed by atoms with Crippen molar-refractivity contribution in [3.8, 4) is 0 Å². The molecule has 84 valence electrons. The topological polar surface area (TPSA) is 36.4 Å². The molecule has 0 bridgehead atoms. The Labute approximate surface area is 91.8 Å². The number of hydrogen-bond acceptors (Lipinski definition) is 3. The van der Waals surface area contributed by atoms with E-state index in [1.165, 1.54) is 5.56 Å². The Kier molecular flexibility index (Phi) is 5.29. The summed E-state index contributed by atoms with van der Waals surface area (Å²) < 4.78 is 0.